The number of fused-ring (bicyclic) bond motifs is 1. The summed E-state index contributed by atoms with van der Waals surface area (Å²) in [6.45, 7) is 10.1. The van der Waals surface area contributed by atoms with Crippen molar-refractivity contribution in [2.45, 2.75) is 58.4 Å². The fraction of sp³-hybridized carbons (Fsp3) is 0.478. The van der Waals surface area contributed by atoms with Crippen LogP contribution in [-0.4, -0.2) is 24.1 Å². The van der Waals surface area contributed by atoms with Crippen molar-refractivity contribution in [2.24, 2.45) is 10.2 Å². The minimum atomic E-state index is -0.430. The van der Waals surface area contributed by atoms with E-state index in [9.17, 15) is 10.1 Å². The Balaban J connectivity index is 1.97. The summed E-state index contributed by atoms with van der Waals surface area (Å²) in [5, 5.41) is 19.5. The predicted octanol–water partition coefficient (Wildman–Crippen LogP) is 6.91. The number of non-ortho nitro benzene ring substituents is 1. The van der Waals surface area contributed by atoms with Gasteiger partial charge in [0.05, 0.1) is 17.7 Å². The van der Waals surface area contributed by atoms with Gasteiger partial charge in [0.15, 0.2) is 0 Å². The van der Waals surface area contributed by atoms with Gasteiger partial charge in [-0.3, -0.25) is 10.1 Å². The average Bonchev–Trinajstić information content (AvgIpc) is 2.71. The summed E-state index contributed by atoms with van der Waals surface area (Å²) in [7, 11) is 1.64. The molecule has 3 rings (SSSR count). The fourth-order valence-corrected chi connectivity index (χ4v) is 4.23. The van der Waals surface area contributed by atoms with E-state index in [1.807, 2.05) is 0 Å². The van der Waals surface area contributed by atoms with Gasteiger partial charge >= 0.3 is 0 Å². The zero-order chi connectivity index (χ0) is 21.9. The number of benzene rings is 2. The standard InChI is InChI=1S/C23H30N4O3/c1-6-7-12-26-21-14-22(30-5)20(13-19(21)16(2)15-23(26,3)4)25-24-17-8-10-18(11-9-17)27(28)29/h8-11,13-14,16H,6-7,12,15H2,1-5H3/b25-24+. The van der Waals surface area contributed by atoms with E-state index < -0.39 is 4.92 Å². The van der Waals surface area contributed by atoms with Crippen molar-refractivity contribution in [3.8, 4) is 5.75 Å². The normalized spacial score (nSPS) is 17.8. The SMILES string of the molecule is CCCCN1c2cc(OC)c(/N=N/c3ccc([N+](=O)[O-])cc3)cc2C(C)CC1(C)C. The van der Waals surface area contributed by atoms with Crippen LogP contribution in [-0.2, 0) is 0 Å². The molecular formula is C23H30N4O3. The van der Waals surface area contributed by atoms with Gasteiger partial charge in [0.2, 0.25) is 0 Å². The van der Waals surface area contributed by atoms with Gasteiger partial charge in [-0.15, -0.1) is 5.11 Å². The second-order valence-electron chi connectivity index (χ2n) is 8.48. The molecule has 0 saturated carbocycles. The van der Waals surface area contributed by atoms with Crippen molar-refractivity contribution >= 4 is 22.7 Å². The van der Waals surface area contributed by atoms with Gasteiger partial charge in [0.25, 0.3) is 5.69 Å². The Labute approximate surface area is 177 Å². The minimum Gasteiger partial charge on any atom is -0.494 e. The Hall–Kier alpha value is -2.96. The van der Waals surface area contributed by atoms with Crippen molar-refractivity contribution in [1.29, 1.82) is 0 Å². The van der Waals surface area contributed by atoms with Crippen LogP contribution in [0.5, 0.6) is 5.75 Å². The van der Waals surface area contributed by atoms with Gasteiger partial charge in [0, 0.05) is 36.0 Å². The monoisotopic (exact) mass is 410 g/mol. The number of hydrogen-bond donors (Lipinski definition) is 0. The lowest BCUT2D eigenvalue weighted by Gasteiger charge is -2.48. The number of nitro groups is 1. The number of nitrogens with zero attached hydrogens (tertiary/aromatic N) is 4. The molecule has 7 heteroatoms. The molecule has 0 aliphatic carbocycles. The highest BCUT2D eigenvalue weighted by Gasteiger charge is 2.36. The Morgan fingerprint density at radius 3 is 2.53 bits per heavy atom. The highest BCUT2D eigenvalue weighted by molar-refractivity contribution is 5.69. The fourth-order valence-electron chi connectivity index (χ4n) is 4.23. The molecule has 0 radical (unpaired) electrons. The smallest absolute Gasteiger partial charge is 0.269 e. The molecule has 0 spiro atoms. The molecule has 1 aliphatic rings. The average molecular weight is 411 g/mol. The van der Waals surface area contributed by atoms with E-state index in [0.717, 1.165) is 25.8 Å². The van der Waals surface area contributed by atoms with Crippen molar-refractivity contribution in [1.82, 2.24) is 0 Å². The van der Waals surface area contributed by atoms with Gasteiger partial charge in [-0.2, -0.15) is 5.11 Å². The summed E-state index contributed by atoms with van der Waals surface area (Å²) in [5.41, 5.74) is 3.79. The second-order valence-corrected chi connectivity index (χ2v) is 8.48. The van der Waals surface area contributed by atoms with Crippen LogP contribution in [0, 0.1) is 10.1 Å². The first kappa shape index (κ1) is 21.7. The highest BCUT2D eigenvalue weighted by Crippen LogP contribution is 2.47. The van der Waals surface area contributed by atoms with E-state index in [4.69, 9.17) is 4.74 Å². The lowest BCUT2D eigenvalue weighted by atomic mass is 9.79. The van der Waals surface area contributed by atoms with Gasteiger partial charge in [-0.05, 0) is 56.4 Å². The van der Waals surface area contributed by atoms with Crippen LogP contribution >= 0.6 is 0 Å². The van der Waals surface area contributed by atoms with Gasteiger partial charge < -0.3 is 9.64 Å². The maximum Gasteiger partial charge on any atom is 0.269 e. The summed E-state index contributed by atoms with van der Waals surface area (Å²) < 4.78 is 5.64. The van der Waals surface area contributed by atoms with Crippen LogP contribution < -0.4 is 9.64 Å². The molecular weight excluding hydrogens is 380 g/mol. The van der Waals surface area contributed by atoms with Crippen molar-refractivity contribution < 1.29 is 9.66 Å². The summed E-state index contributed by atoms with van der Waals surface area (Å²) in [5.74, 6) is 1.07. The molecule has 1 atom stereocenters. The number of anilines is 1. The molecule has 0 bridgehead atoms. The van der Waals surface area contributed by atoms with Crippen LogP contribution in [0.3, 0.4) is 0 Å². The largest absolute Gasteiger partial charge is 0.494 e. The third kappa shape index (κ3) is 4.45. The zero-order valence-electron chi connectivity index (χ0n) is 18.4. The molecule has 0 saturated heterocycles. The Morgan fingerprint density at radius 1 is 1.23 bits per heavy atom. The minimum absolute atomic E-state index is 0.0314. The van der Waals surface area contributed by atoms with Gasteiger partial charge in [-0.1, -0.05) is 20.3 Å². The molecule has 2 aromatic carbocycles. The highest BCUT2D eigenvalue weighted by atomic mass is 16.6. The first-order valence-corrected chi connectivity index (χ1v) is 10.4. The van der Waals surface area contributed by atoms with E-state index >= 15 is 0 Å². The number of azo groups is 1. The van der Waals surface area contributed by atoms with Crippen LogP contribution in [0.25, 0.3) is 0 Å². The molecule has 0 N–H and O–H groups in total. The molecule has 1 heterocycles. The second kappa shape index (κ2) is 8.81. The first-order valence-electron chi connectivity index (χ1n) is 10.4. The summed E-state index contributed by atoms with van der Waals surface area (Å²) >= 11 is 0. The van der Waals surface area contributed by atoms with E-state index in [1.165, 1.54) is 23.4 Å². The lowest BCUT2D eigenvalue weighted by Crippen LogP contribution is -2.48. The number of rotatable bonds is 7. The predicted molar refractivity (Wildman–Crippen MR) is 120 cm³/mol. The van der Waals surface area contributed by atoms with E-state index in [2.05, 4.69) is 55.0 Å². The third-order valence-electron chi connectivity index (χ3n) is 5.76. The van der Waals surface area contributed by atoms with E-state index in [0.29, 0.717) is 23.0 Å². The maximum absolute atomic E-state index is 10.8. The Bertz CT molecular complexity index is 938. The molecule has 1 unspecified atom stereocenters. The van der Waals surface area contributed by atoms with Crippen molar-refractivity contribution in [3.63, 3.8) is 0 Å². The quantitative estimate of drug-likeness (QED) is 0.282. The maximum atomic E-state index is 10.8. The zero-order valence-corrected chi connectivity index (χ0v) is 18.4. The van der Waals surface area contributed by atoms with Gasteiger partial charge in [0.1, 0.15) is 11.4 Å². The van der Waals surface area contributed by atoms with Gasteiger partial charge in [-0.25, -0.2) is 0 Å². The summed E-state index contributed by atoms with van der Waals surface area (Å²) in [4.78, 5) is 12.9. The summed E-state index contributed by atoms with van der Waals surface area (Å²) in [6.07, 6.45) is 3.35. The van der Waals surface area contributed by atoms with Crippen LogP contribution in [0.1, 0.15) is 58.4 Å². The van der Waals surface area contributed by atoms with Crippen molar-refractivity contribution in [3.05, 3.63) is 52.1 Å². The number of nitro benzene ring substituents is 1. The van der Waals surface area contributed by atoms with E-state index in [1.54, 1.807) is 19.2 Å². The number of hydrogen-bond acceptors (Lipinski definition) is 6. The van der Waals surface area contributed by atoms with Crippen molar-refractivity contribution in [2.75, 3.05) is 18.6 Å². The number of methoxy groups -OCH3 is 1. The first-order chi connectivity index (χ1) is 14.3. The topological polar surface area (TPSA) is 80.3 Å². The molecule has 1 aliphatic heterocycles. The van der Waals surface area contributed by atoms with E-state index in [-0.39, 0.29) is 11.2 Å². The summed E-state index contributed by atoms with van der Waals surface area (Å²) in [6, 6.07) is 10.2. The number of ether oxygens (including phenoxy) is 1. The molecule has 0 aromatic heterocycles. The van der Waals surface area contributed by atoms with Crippen LogP contribution in [0.15, 0.2) is 46.6 Å². The molecule has 0 fully saturated rings. The molecule has 30 heavy (non-hydrogen) atoms. The molecule has 0 amide bonds. The Morgan fingerprint density at radius 2 is 1.93 bits per heavy atom. The van der Waals surface area contributed by atoms with Crippen LogP contribution in [0.4, 0.5) is 22.7 Å². The molecule has 2 aromatic rings. The molecule has 7 nitrogen and oxygen atoms in total. The lowest BCUT2D eigenvalue weighted by molar-refractivity contribution is -0.384. The number of unbranched alkanes of at least 4 members (excludes halogenated alkanes) is 1. The Kier molecular flexibility index (Phi) is 6.39. The molecule has 160 valence electrons. The third-order valence-corrected chi connectivity index (χ3v) is 5.76. The van der Waals surface area contributed by atoms with Crippen LogP contribution in [0.2, 0.25) is 0 Å².